The van der Waals surface area contributed by atoms with E-state index in [0.717, 1.165) is 17.4 Å². The Labute approximate surface area is 178 Å². The van der Waals surface area contributed by atoms with E-state index in [2.05, 4.69) is 21.0 Å². The summed E-state index contributed by atoms with van der Waals surface area (Å²) in [6, 6.07) is 0. The van der Waals surface area contributed by atoms with Gasteiger partial charge < -0.3 is 22.0 Å². The summed E-state index contributed by atoms with van der Waals surface area (Å²) >= 11 is 0. The van der Waals surface area contributed by atoms with Crippen LogP contribution in [0.4, 0.5) is 0 Å². The van der Waals surface area contributed by atoms with Gasteiger partial charge in [-0.25, -0.2) is 0 Å². The molecular formula is C24H52ClNO. The molecule has 0 spiro atoms. The van der Waals surface area contributed by atoms with Crippen molar-refractivity contribution >= 4 is 0 Å². The lowest BCUT2D eigenvalue weighted by Gasteiger charge is -2.29. The third-order valence-corrected chi connectivity index (χ3v) is 5.79. The molecule has 0 rings (SSSR count). The molecule has 0 aliphatic heterocycles. The van der Waals surface area contributed by atoms with Crippen molar-refractivity contribution in [2.24, 2.45) is 0 Å². The third kappa shape index (κ3) is 24.2. The quantitative estimate of drug-likeness (QED) is 0.225. The van der Waals surface area contributed by atoms with E-state index < -0.39 is 0 Å². The van der Waals surface area contributed by atoms with Crippen LogP contribution in [0, 0.1) is 0 Å². The SMILES string of the molecule is CCCCCCCCCCCCCCCCCCC[N+](C)(C)CCCO.[Cl-]. The van der Waals surface area contributed by atoms with Crippen LogP contribution < -0.4 is 12.4 Å². The lowest BCUT2D eigenvalue weighted by atomic mass is 10.0. The molecule has 0 bridgehead atoms. The predicted molar refractivity (Wildman–Crippen MR) is 118 cm³/mol. The molecule has 0 heterocycles. The molecule has 0 fully saturated rings. The second kappa shape index (κ2) is 22.5. The fourth-order valence-corrected chi connectivity index (χ4v) is 3.88. The van der Waals surface area contributed by atoms with Gasteiger partial charge in [0.05, 0.1) is 27.2 Å². The highest BCUT2D eigenvalue weighted by atomic mass is 35.5. The standard InChI is InChI=1S/C24H52NO.ClH/c1-4-5-6-7-8-9-10-11-12-13-14-15-16-17-18-19-20-22-25(2,3)23-21-24-26;/h26H,4-24H2,1-3H3;1H/q+1;/p-1. The van der Waals surface area contributed by atoms with E-state index in [1.165, 1.54) is 116 Å². The first-order valence-corrected chi connectivity index (χ1v) is 12.1. The molecule has 0 aromatic heterocycles. The van der Waals surface area contributed by atoms with Gasteiger partial charge in [-0.1, -0.05) is 103 Å². The highest BCUT2D eigenvalue weighted by molar-refractivity contribution is 4.50. The average Bonchev–Trinajstić information content (AvgIpc) is 2.62. The molecule has 1 N–H and O–H groups in total. The van der Waals surface area contributed by atoms with Gasteiger partial charge in [0.1, 0.15) is 0 Å². The van der Waals surface area contributed by atoms with E-state index in [9.17, 15) is 0 Å². The van der Waals surface area contributed by atoms with Crippen LogP contribution >= 0.6 is 0 Å². The zero-order chi connectivity index (χ0) is 19.3. The van der Waals surface area contributed by atoms with E-state index in [4.69, 9.17) is 5.11 Å². The van der Waals surface area contributed by atoms with Gasteiger partial charge in [0.2, 0.25) is 0 Å². The van der Waals surface area contributed by atoms with Crippen molar-refractivity contribution in [3.8, 4) is 0 Å². The summed E-state index contributed by atoms with van der Waals surface area (Å²) in [5.41, 5.74) is 0. The topological polar surface area (TPSA) is 20.2 Å². The third-order valence-electron chi connectivity index (χ3n) is 5.79. The van der Waals surface area contributed by atoms with E-state index in [-0.39, 0.29) is 12.4 Å². The second-order valence-corrected chi connectivity index (χ2v) is 9.12. The first-order valence-electron chi connectivity index (χ1n) is 12.1. The Morgan fingerprint density at radius 2 is 0.778 bits per heavy atom. The summed E-state index contributed by atoms with van der Waals surface area (Å²) in [4.78, 5) is 0. The fourth-order valence-electron chi connectivity index (χ4n) is 3.88. The summed E-state index contributed by atoms with van der Waals surface area (Å²) < 4.78 is 1.07. The number of hydrogen-bond donors (Lipinski definition) is 1. The van der Waals surface area contributed by atoms with E-state index >= 15 is 0 Å². The maximum Gasteiger partial charge on any atom is 0.0804 e. The summed E-state index contributed by atoms with van der Waals surface area (Å²) in [6.07, 6.45) is 25.4. The molecule has 0 aliphatic carbocycles. The van der Waals surface area contributed by atoms with Gasteiger partial charge in [-0.3, -0.25) is 0 Å². The predicted octanol–water partition coefficient (Wildman–Crippen LogP) is 4.10. The summed E-state index contributed by atoms with van der Waals surface area (Å²) in [5.74, 6) is 0. The van der Waals surface area contributed by atoms with E-state index in [0.29, 0.717) is 6.61 Å². The molecule has 0 saturated heterocycles. The van der Waals surface area contributed by atoms with Crippen molar-refractivity contribution in [1.29, 1.82) is 0 Å². The first kappa shape index (κ1) is 29.4. The molecule has 0 amide bonds. The number of quaternary nitrogens is 1. The molecule has 2 nitrogen and oxygen atoms in total. The van der Waals surface area contributed by atoms with E-state index in [1.54, 1.807) is 0 Å². The maximum atomic E-state index is 8.94. The Morgan fingerprint density at radius 1 is 0.481 bits per heavy atom. The molecule has 27 heavy (non-hydrogen) atoms. The number of nitrogens with zero attached hydrogens (tertiary/aromatic N) is 1. The van der Waals surface area contributed by atoms with Gasteiger partial charge in [-0.05, 0) is 12.8 Å². The van der Waals surface area contributed by atoms with Crippen molar-refractivity contribution < 1.29 is 22.0 Å². The van der Waals surface area contributed by atoms with Gasteiger partial charge in [-0.2, -0.15) is 0 Å². The van der Waals surface area contributed by atoms with Crippen molar-refractivity contribution in [3.63, 3.8) is 0 Å². The molecular weight excluding hydrogens is 354 g/mol. The Kier molecular flexibility index (Phi) is 24.5. The largest absolute Gasteiger partial charge is 1.00 e. The average molecular weight is 406 g/mol. The number of unbranched alkanes of at least 4 members (excludes halogenated alkanes) is 16. The number of aliphatic hydroxyl groups is 1. The zero-order valence-corrected chi connectivity index (χ0v) is 19.9. The maximum absolute atomic E-state index is 8.94. The van der Waals surface area contributed by atoms with Crippen LogP contribution in [0.5, 0.6) is 0 Å². The molecule has 0 aromatic rings. The molecule has 3 heteroatoms. The van der Waals surface area contributed by atoms with Crippen LogP contribution in [-0.4, -0.2) is 43.4 Å². The Morgan fingerprint density at radius 3 is 1.11 bits per heavy atom. The minimum absolute atomic E-state index is 0. The number of rotatable bonds is 21. The van der Waals surface area contributed by atoms with Crippen molar-refractivity contribution in [3.05, 3.63) is 0 Å². The minimum Gasteiger partial charge on any atom is -1.00 e. The van der Waals surface area contributed by atoms with Crippen molar-refractivity contribution in [1.82, 2.24) is 0 Å². The first-order chi connectivity index (χ1) is 12.6. The molecule has 0 atom stereocenters. The van der Waals surface area contributed by atoms with Gasteiger partial charge in [0.25, 0.3) is 0 Å². The fraction of sp³-hybridized carbons (Fsp3) is 1.00. The van der Waals surface area contributed by atoms with Crippen LogP contribution in [0.15, 0.2) is 0 Å². The van der Waals surface area contributed by atoms with Crippen molar-refractivity contribution in [2.75, 3.05) is 33.8 Å². The van der Waals surface area contributed by atoms with Crippen LogP contribution in [0.25, 0.3) is 0 Å². The van der Waals surface area contributed by atoms with Crippen molar-refractivity contribution in [2.45, 2.75) is 122 Å². The monoisotopic (exact) mass is 405 g/mol. The summed E-state index contributed by atoms with van der Waals surface area (Å²) in [6.45, 7) is 5.00. The molecule has 0 radical (unpaired) electrons. The molecule has 0 unspecified atom stereocenters. The Balaban J connectivity index is 0. The van der Waals surface area contributed by atoms with E-state index in [1.807, 2.05) is 0 Å². The van der Waals surface area contributed by atoms with Crippen LogP contribution in [-0.2, 0) is 0 Å². The number of hydrogen-bond acceptors (Lipinski definition) is 1. The zero-order valence-electron chi connectivity index (χ0n) is 19.1. The number of halogens is 1. The minimum atomic E-state index is 0. The van der Waals surface area contributed by atoms with Crippen LogP contribution in [0.3, 0.4) is 0 Å². The molecule has 0 saturated carbocycles. The lowest BCUT2D eigenvalue weighted by molar-refractivity contribution is -0.890. The molecule has 166 valence electrons. The van der Waals surface area contributed by atoms with Gasteiger partial charge >= 0.3 is 0 Å². The normalized spacial score (nSPS) is 11.6. The molecule has 0 aliphatic rings. The highest BCUT2D eigenvalue weighted by Gasteiger charge is 2.13. The van der Waals surface area contributed by atoms with Gasteiger partial charge in [0, 0.05) is 13.0 Å². The Bertz CT molecular complexity index is 271. The van der Waals surface area contributed by atoms with Gasteiger partial charge in [-0.15, -0.1) is 0 Å². The second-order valence-electron chi connectivity index (χ2n) is 9.12. The summed E-state index contributed by atoms with van der Waals surface area (Å²) in [5, 5.41) is 8.94. The summed E-state index contributed by atoms with van der Waals surface area (Å²) in [7, 11) is 4.59. The molecule has 0 aromatic carbocycles. The number of aliphatic hydroxyl groups excluding tert-OH is 1. The highest BCUT2D eigenvalue weighted by Crippen LogP contribution is 2.14. The van der Waals surface area contributed by atoms with Crippen LogP contribution in [0.1, 0.15) is 122 Å². The van der Waals surface area contributed by atoms with Gasteiger partial charge in [0.15, 0.2) is 0 Å². The lowest BCUT2D eigenvalue weighted by Crippen LogP contribution is -3.00. The van der Waals surface area contributed by atoms with Crippen LogP contribution in [0.2, 0.25) is 0 Å². The smallest absolute Gasteiger partial charge is 0.0804 e. The Hall–Kier alpha value is 0.210.